The van der Waals surface area contributed by atoms with Crippen LogP contribution in [0.2, 0.25) is 0 Å². The minimum Gasteiger partial charge on any atom is -0.465 e. The van der Waals surface area contributed by atoms with E-state index in [0.29, 0.717) is 6.61 Å². The predicted octanol–water partition coefficient (Wildman–Crippen LogP) is 6.74. The molecule has 0 amide bonds. The van der Waals surface area contributed by atoms with Crippen molar-refractivity contribution in [1.82, 2.24) is 0 Å². The van der Waals surface area contributed by atoms with Crippen LogP contribution in [-0.2, 0) is 19.1 Å². The molecule has 0 aromatic heterocycles. The van der Waals surface area contributed by atoms with Crippen molar-refractivity contribution in [2.24, 2.45) is 0 Å². The molecule has 1 atom stereocenters. The van der Waals surface area contributed by atoms with Crippen molar-refractivity contribution in [2.45, 2.75) is 130 Å². The van der Waals surface area contributed by atoms with Crippen molar-refractivity contribution in [3.8, 4) is 0 Å². The Morgan fingerprint density at radius 3 is 1.70 bits per heavy atom. The van der Waals surface area contributed by atoms with E-state index in [1.54, 1.807) is 0 Å². The zero-order chi connectivity index (χ0) is 20.2. The Morgan fingerprint density at radius 2 is 1.19 bits per heavy atom. The Labute approximate surface area is 167 Å². The van der Waals surface area contributed by atoms with E-state index in [9.17, 15) is 9.59 Å². The van der Waals surface area contributed by atoms with Gasteiger partial charge in [-0.1, -0.05) is 97.8 Å². The molecule has 0 spiro atoms. The fourth-order valence-corrected chi connectivity index (χ4v) is 3.13. The minimum absolute atomic E-state index is 0.0723. The van der Waals surface area contributed by atoms with E-state index < -0.39 is 11.9 Å². The highest BCUT2D eigenvalue weighted by molar-refractivity contribution is 5.91. The van der Waals surface area contributed by atoms with E-state index in [2.05, 4.69) is 13.8 Å². The van der Waals surface area contributed by atoms with Crippen LogP contribution in [-0.4, -0.2) is 24.6 Å². The summed E-state index contributed by atoms with van der Waals surface area (Å²) in [5.74, 6) is -0.917. The molecule has 0 radical (unpaired) electrons. The maximum absolute atomic E-state index is 11.8. The average Bonchev–Trinajstić information content (AvgIpc) is 2.65. The van der Waals surface area contributed by atoms with Crippen LogP contribution in [0.25, 0.3) is 0 Å². The lowest BCUT2D eigenvalue weighted by Gasteiger charge is -2.15. The Morgan fingerprint density at radius 1 is 0.667 bits per heavy atom. The predicted molar refractivity (Wildman–Crippen MR) is 112 cm³/mol. The quantitative estimate of drug-likeness (QED) is 0.140. The topological polar surface area (TPSA) is 52.6 Å². The molecule has 4 heteroatoms. The van der Waals surface area contributed by atoms with Crippen LogP contribution in [0.15, 0.2) is 0 Å². The summed E-state index contributed by atoms with van der Waals surface area (Å²) >= 11 is 0. The van der Waals surface area contributed by atoms with E-state index in [-0.39, 0.29) is 12.5 Å². The van der Waals surface area contributed by atoms with Gasteiger partial charge in [0.2, 0.25) is 0 Å². The summed E-state index contributed by atoms with van der Waals surface area (Å²) in [6.07, 6.45) is 17.3. The number of unbranched alkanes of at least 4 members (excludes halogenated alkanes) is 11. The van der Waals surface area contributed by atoms with Crippen LogP contribution in [0.4, 0.5) is 0 Å². The molecular formula is C23H44O4. The van der Waals surface area contributed by atoms with Gasteiger partial charge >= 0.3 is 11.9 Å². The number of carbonyl (C=O) groups excluding carboxylic acids is 2. The number of carbonyl (C=O) groups is 2. The molecule has 0 aliphatic rings. The van der Waals surface area contributed by atoms with E-state index in [0.717, 1.165) is 38.5 Å². The van der Waals surface area contributed by atoms with Crippen LogP contribution in [0, 0.1) is 0 Å². The molecule has 0 aliphatic heterocycles. The zero-order valence-corrected chi connectivity index (χ0v) is 18.2. The monoisotopic (exact) mass is 384 g/mol. The first-order valence-corrected chi connectivity index (χ1v) is 11.5. The molecule has 4 nitrogen and oxygen atoms in total. The summed E-state index contributed by atoms with van der Waals surface area (Å²) in [6.45, 7) is 6.77. The highest BCUT2D eigenvalue weighted by Crippen LogP contribution is 2.12. The fourth-order valence-electron chi connectivity index (χ4n) is 3.13. The molecule has 0 fully saturated rings. The average molecular weight is 385 g/mol. The van der Waals surface area contributed by atoms with Crippen molar-refractivity contribution >= 4 is 11.9 Å². The summed E-state index contributed by atoms with van der Waals surface area (Å²) in [6, 6.07) is 0. The fraction of sp³-hybridized carbons (Fsp3) is 0.913. The lowest BCUT2D eigenvalue weighted by Crippen LogP contribution is -2.21. The molecule has 0 aromatic carbocycles. The Kier molecular flexibility index (Phi) is 18.9. The zero-order valence-electron chi connectivity index (χ0n) is 18.2. The lowest BCUT2D eigenvalue weighted by molar-refractivity contribution is -0.158. The third-order valence-corrected chi connectivity index (χ3v) is 4.93. The number of hydrogen-bond acceptors (Lipinski definition) is 4. The molecule has 0 aromatic rings. The van der Waals surface area contributed by atoms with E-state index in [1.807, 2.05) is 6.92 Å². The first-order valence-electron chi connectivity index (χ1n) is 11.5. The van der Waals surface area contributed by atoms with Crippen molar-refractivity contribution in [2.75, 3.05) is 6.61 Å². The maximum Gasteiger partial charge on any atom is 0.317 e. The van der Waals surface area contributed by atoms with Crippen LogP contribution in [0.5, 0.6) is 0 Å². The molecule has 0 aliphatic carbocycles. The minimum atomic E-state index is -0.461. The second-order valence-corrected chi connectivity index (χ2v) is 7.60. The third kappa shape index (κ3) is 18.1. The molecule has 27 heavy (non-hydrogen) atoms. The summed E-state index contributed by atoms with van der Waals surface area (Å²) in [5.41, 5.74) is 0. The van der Waals surface area contributed by atoms with Crippen LogP contribution in [0.1, 0.15) is 124 Å². The first kappa shape index (κ1) is 25.9. The summed E-state index contributed by atoms with van der Waals surface area (Å²) < 4.78 is 10.5. The van der Waals surface area contributed by atoms with Crippen LogP contribution >= 0.6 is 0 Å². The van der Waals surface area contributed by atoms with Crippen LogP contribution in [0.3, 0.4) is 0 Å². The molecule has 0 N–H and O–H groups in total. The standard InChI is InChI=1S/C23H44O4/c1-4-7-9-10-11-12-13-14-15-16-17-19-26-22(24)20-23(25)27-21(6-3)18-8-5-2/h21H,4-20H2,1-3H3. The Bertz CT molecular complexity index is 354. The molecule has 0 heterocycles. The largest absolute Gasteiger partial charge is 0.465 e. The lowest BCUT2D eigenvalue weighted by atomic mass is 10.1. The molecule has 0 rings (SSSR count). The molecule has 1 unspecified atom stereocenters. The summed E-state index contributed by atoms with van der Waals surface area (Å²) in [4.78, 5) is 23.5. The van der Waals surface area contributed by atoms with Gasteiger partial charge in [-0.3, -0.25) is 9.59 Å². The van der Waals surface area contributed by atoms with Crippen molar-refractivity contribution in [1.29, 1.82) is 0 Å². The Hall–Kier alpha value is -1.06. The van der Waals surface area contributed by atoms with Crippen molar-refractivity contribution in [3.05, 3.63) is 0 Å². The molecule has 0 saturated carbocycles. The van der Waals surface area contributed by atoms with Gasteiger partial charge in [0.05, 0.1) is 6.61 Å². The second kappa shape index (κ2) is 19.7. The first-order chi connectivity index (χ1) is 13.1. The van der Waals surface area contributed by atoms with E-state index >= 15 is 0 Å². The van der Waals surface area contributed by atoms with Gasteiger partial charge < -0.3 is 9.47 Å². The molecule has 0 bridgehead atoms. The highest BCUT2D eigenvalue weighted by Gasteiger charge is 2.16. The molecular weight excluding hydrogens is 340 g/mol. The van der Waals surface area contributed by atoms with Gasteiger partial charge in [0.25, 0.3) is 0 Å². The number of rotatable bonds is 19. The van der Waals surface area contributed by atoms with Crippen molar-refractivity contribution in [3.63, 3.8) is 0 Å². The molecule has 0 saturated heterocycles. The maximum atomic E-state index is 11.8. The SMILES string of the molecule is CCCCCCCCCCCCCOC(=O)CC(=O)OC(CC)CCCC. The van der Waals surface area contributed by atoms with Gasteiger partial charge in [-0.2, -0.15) is 0 Å². The van der Waals surface area contributed by atoms with Crippen molar-refractivity contribution < 1.29 is 19.1 Å². The molecule has 160 valence electrons. The van der Waals surface area contributed by atoms with Gasteiger partial charge in [0, 0.05) is 0 Å². The van der Waals surface area contributed by atoms with Crippen LogP contribution < -0.4 is 0 Å². The normalized spacial score (nSPS) is 12.0. The van der Waals surface area contributed by atoms with Gasteiger partial charge in [-0.15, -0.1) is 0 Å². The third-order valence-electron chi connectivity index (χ3n) is 4.93. The van der Waals surface area contributed by atoms with E-state index in [1.165, 1.54) is 57.8 Å². The van der Waals surface area contributed by atoms with Gasteiger partial charge in [0.15, 0.2) is 0 Å². The summed E-state index contributed by atoms with van der Waals surface area (Å²) in [7, 11) is 0. The number of hydrogen-bond donors (Lipinski definition) is 0. The van der Waals surface area contributed by atoms with Gasteiger partial charge in [0.1, 0.15) is 12.5 Å². The highest BCUT2D eigenvalue weighted by atomic mass is 16.6. The number of ether oxygens (including phenoxy) is 2. The number of esters is 2. The van der Waals surface area contributed by atoms with Gasteiger partial charge in [-0.05, 0) is 19.3 Å². The van der Waals surface area contributed by atoms with Gasteiger partial charge in [-0.25, -0.2) is 0 Å². The smallest absolute Gasteiger partial charge is 0.317 e. The van der Waals surface area contributed by atoms with E-state index in [4.69, 9.17) is 9.47 Å². The second-order valence-electron chi connectivity index (χ2n) is 7.60. The summed E-state index contributed by atoms with van der Waals surface area (Å²) in [5, 5.41) is 0. The Balaban J connectivity index is 3.49.